The Kier molecular flexibility index (Phi) is 6.14. The molecule has 1 aliphatic rings. The largest absolute Gasteiger partial charge is 0.356 e. The predicted molar refractivity (Wildman–Crippen MR) is 122 cm³/mol. The Hall–Kier alpha value is -3.12. The van der Waals surface area contributed by atoms with Crippen LogP contribution < -0.4 is 15.5 Å². The van der Waals surface area contributed by atoms with E-state index in [9.17, 15) is 4.79 Å². The maximum Gasteiger partial charge on any atom is 0.255 e. The van der Waals surface area contributed by atoms with Gasteiger partial charge in [0.1, 0.15) is 17.5 Å². The molecule has 7 heteroatoms. The van der Waals surface area contributed by atoms with Gasteiger partial charge in [0.15, 0.2) is 0 Å². The standard InChI is InChI=1S/C23H24ClN5O/c1-16-25-21(15-22(26-16)29-12-3-2-4-13-29)27-19-8-10-20(11-9-19)28-23(30)17-6-5-7-18(24)14-17/h5-11,14-15H,2-4,12-13H2,1H3,(H,28,30)(H,25,26,27). The molecule has 1 saturated heterocycles. The number of hydrogen-bond donors (Lipinski definition) is 2. The second-order valence-corrected chi connectivity index (χ2v) is 7.81. The second-order valence-electron chi connectivity index (χ2n) is 7.37. The third kappa shape index (κ3) is 5.07. The summed E-state index contributed by atoms with van der Waals surface area (Å²) in [5.74, 6) is 2.27. The SMILES string of the molecule is Cc1nc(Nc2ccc(NC(=O)c3cccc(Cl)c3)cc2)cc(N2CCCCC2)n1. The number of aryl methyl sites for hydroxylation is 1. The first-order valence-electron chi connectivity index (χ1n) is 10.1. The normalized spacial score (nSPS) is 13.7. The quantitative estimate of drug-likeness (QED) is 0.575. The molecule has 0 atom stereocenters. The van der Waals surface area contributed by atoms with E-state index in [-0.39, 0.29) is 5.91 Å². The molecule has 0 bridgehead atoms. The fourth-order valence-corrected chi connectivity index (χ4v) is 3.71. The van der Waals surface area contributed by atoms with Crippen LogP contribution in [0.25, 0.3) is 0 Å². The molecule has 1 aromatic heterocycles. The number of carbonyl (C=O) groups is 1. The van der Waals surface area contributed by atoms with Crippen molar-refractivity contribution in [3.8, 4) is 0 Å². The molecule has 0 aliphatic carbocycles. The Morgan fingerprint density at radius 3 is 2.43 bits per heavy atom. The molecule has 4 rings (SSSR count). The van der Waals surface area contributed by atoms with E-state index in [1.54, 1.807) is 24.3 Å². The highest BCUT2D eigenvalue weighted by molar-refractivity contribution is 6.31. The number of carbonyl (C=O) groups excluding carboxylic acids is 1. The molecule has 30 heavy (non-hydrogen) atoms. The first kappa shape index (κ1) is 20.2. The van der Waals surface area contributed by atoms with Gasteiger partial charge in [-0.1, -0.05) is 17.7 Å². The van der Waals surface area contributed by atoms with Gasteiger partial charge in [0, 0.05) is 41.1 Å². The van der Waals surface area contributed by atoms with E-state index in [1.165, 1.54) is 19.3 Å². The smallest absolute Gasteiger partial charge is 0.255 e. The van der Waals surface area contributed by atoms with Crippen LogP contribution in [0.2, 0.25) is 5.02 Å². The molecule has 1 amide bonds. The summed E-state index contributed by atoms with van der Waals surface area (Å²) >= 11 is 5.96. The number of benzene rings is 2. The van der Waals surface area contributed by atoms with Crippen LogP contribution in [0.1, 0.15) is 35.4 Å². The summed E-state index contributed by atoms with van der Waals surface area (Å²) in [7, 11) is 0. The van der Waals surface area contributed by atoms with E-state index in [0.717, 1.165) is 36.2 Å². The second kappa shape index (κ2) is 9.13. The molecule has 0 radical (unpaired) electrons. The average molecular weight is 422 g/mol. The van der Waals surface area contributed by atoms with Gasteiger partial charge in [-0.25, -0.2) is 9.97 Å². The minimum absolute atomic E-state index is 0.198. The molecule has 3 aromatic rings. The lowest BCUT2D eigenvalue weighted by atomic mass is 10.1. The lowest BCUT2D eigenvalue weighted by molar-refractivity contribution is 0.102. The van der Waals surface area contributed by atoms with Gasteiger partial charge >= 0.3 is 0 Å². The zero-order chi connectivity index (χ0) is 20.9. The summed E-state index contributed by atoms with van der Waals surface area (Å²) in [4.78, 5) is 23.8. The van der Waals surface area contributed by atoms with Crippen molar-refractivity contribution in [1.29, 1.82) is 0 Å². The Morgan fingerprint density at radius 1 is 0.967 bits per heavy atom. The highest BCUT2D eigenvalue weighted by Crippen LogP contribution is 2.23. The fourth-order valence-electron chi connectivity index (χ4n) is 3.52. The average Bonchev–Trinajstić information content (AvgIpc) is 2.75. The Bertz CT molecular complexity index is 1030. The minimum Gasteiger partial charge on any atom is -0.356 e. The lowest BCUT2D eigenvalue weighted by Gasteiger charge is -2.28. The summed E-state index contributed by atoms with van der Waals surface area (Å²) in [6, 6.07) is 16.4. The van der Waals surface area contributed by atoms with Gasteiger partial charge in [-0.15, -0.1) is 0 Å². The van der Waals surface area contributed by atoms with Crippen molar-refractivity contribution >= 4 is 40.5 Å². The molecule has 1 aliphatic heterocycles. The number of amides is 1. The van der Waals surface area contributed by atoms with Crippen LogP contribution in [0, 0.1) is 6.92 Å². The van der Waals surface area contributed by atoms with Gasteiger partial charge in [0.2, 0.25) is 0 Å². The van der Waals surface area contributed by atoms with Gasteiger partial charge in [-0.3, -0.25) is 4.79 Å². The first-order valence-corrected chi connectivity index (χ1v) is 10.5. The summed E-state index contributed by atoms with van der Waals surface area (Å²) in [5, 5.41) is 6.75. The number of hydrogen-bond acceptors (Lipinski definition) is 5. The fraction of sp³-hybridized carbons (Fsp3) is 0.261. The molecule has 1 fully saturated rings. The Labute approximate surface area is 181 Å². The highest BCUT2D eigenvalue weighted by atomic mass is 35.5. The maximum absolute atomic E-state index is 12.4. The summed E-state index contributed by atoms with van der Waals surface area (Å²) in [6.07, 6.45) is 3.69. The van der Waals surface area contributed by atoms with Crippen molar-refractivity contribution < 1.29 is 4.79 Å². The van der Waals surface area contributed by atoms with Crippen LogP contribution in [0.3, 0.4) is 0 Å². The highest BCUT2D eigenvalue weighted by Gasteiger charge is 2.14. The molecular weight excluding hydrogens is 398 g/mol. The predicted octanol–water partition coefficient (Wildman–Crippen LogP) is 5.42. The molecule has 6 nitrogen and oxygen atoms in total. The van der Waals surface area contributed by atoms with Crippen LogP contribution in [-0.4, -0.2) is 29.0 Å². The first-order chi connectivity index (χ1) is 14.6. The maximum atomic E-state index is 12.4. The molecule has 154 valence electrons. The number of nitrogens with zero attached hydrogens (tertiary/aromatic N) is 3. The van der Waals surface area contributed by atoms with Crippen molar-refractivity contribution in [2.24, 2.45) is 0 Å². The van der Waals surface area contributed by atoms with Gasteiger partial charge in [0.05, 0.1) is 0 Å². The van der Waals surface area contributed by atoms with Gasteiger partial charge < -0.3 is 15.5 Å². The lowest BCUT2D eigenvalue weighted by Crippen LogP contribution is -2.30. The number of rotatable bonds is 5. The molecule has 2 heterocycles. The molecular formula is C23H24ClN5O. The van der Waals surface area contributed by atoms with Crippen LogP contribution in [0.15, 0.2) is 54.6 Å². The monoisotopic (exact) mass is 421 g/mol. The number of nitrogens with one attached hydrogen (secondary N) is 2. The van der Waals surface area contributed by atoms with Crippen molar-refractivity contribution in [2.45, 2.75) is 26.2 Å². The van der Waals surface area contributed by atoms with Crippen LogP contribution >= 0.6 is 11.6 Å². The van der Waals surface area contributed by atoms with Crippen molar-refractivity contribution in [2.75, 3.05) is 28.6 Å². The van der Waals surface area contributed by atoms with Crippen molar-refractivity contribution in [1.82, 2.24) is 9.97 Å². The molecule has 2 N–H and O–H groups in total. The molecule has 0 unspecified atom stereocenters. The molecule has 0 spiro atoms. The van der Waals surface area contributed by atoms with Gasteiger partial charge in [0.25, 0.3) is 5.91 Å². The number of aromatic nitrogens is 2. The van der Waals surface area contributed by atoms with E-state index >= 15 is 0 Å². The third-order valence-electron chi connectivity index (χ3n) is 5.01. The number of piperidine rings is 1. The topological polar surface area (TPSA) is 70.2 Å². The number of halogens is 1. The molecule has 0 saturated carbocycles. The van der Waals surface area contributed by atoms with Crippen molar-refractivity contribution in [3.05, 3.63) is 71.0 Å². The Balaban J connectivity index is 1.43. The van der Waals surface area contributed by atoms with E-state index in [2.05, 4.69) is 25.5 Å². The van der Waals surface area contributed by atoms with Gasteiger partial charge in [-0.05, 0) is 68.7 Å². The Morgan fingerprint density at radius 2 is 1.70 bits per heavy atom. The van der Waals surface area contributed by atoms with Crippen LogP contribution in [0.5, 0.6) is 0 Å². The zero-order valence-corrected chi connectivity index (χ0v) is 17.6. The third-order valence-corrected chi connectivity index (χ3v) is 5.24. The number of anilines is 4. The van der Waals surface area contributed by atoms with Crippen molar-refractivity contribution in [3.63, 3.8) is 0 Å². The van der Waals surface area contributed by atoms with E-state index in [0.29, 0.717) is 16.3 Å². The summed E-state index contributed by atoms with van der Waals surface area (Å²) in [5.41, 5.74) is 2.11. The van der Waals surface area contributed by atoms with E-state index < -0.39 is 0 Å². The van der Waals surface area contributed by atoms with Crippen LogP contribution in [0.4, 0.5) is 23.0 Å². The molecule has 2 aromatic carbocycles. The van der Waals surface area contributed by atoms with E-state index in [4.69, 9.17) is 11.6 Å². The van der Waals surface area contributed by atoms with Gasteiger partial charge in [-0.2, -0.15) is 0 Å². The zero-order valence-electron chi connectivity index (χ0n) is 16.9. The van der Waals surface area contributed by atoms with E-state index in [1.807, 2.05) is 37.3 Å². The summed E-state index contributed by atoms with van der Waals surface area (Å²) in [6.45, 7) is 3.99. The van der Waals surface area contributed by atoms with Crippen LogP contribution in [-0.2, 0) is 0 Å². The minimum atomic E-state index is -0.198. The summed E-state index contributed by atoms with van der Waals surface area (Å²) < 4.78 is 0.